The van der Waals surface area contributed by atoms with Crippen LogP contribution in [0.1, 0.15) is 19.3 Å². The third-order valence-corrected chi connectivity index (χ3v) is 4.77. The van der Waals surface area contributed by atoms with E-state index in [0.29, 0.717) is 12.5 Å². The van der Waals surface area contributed by atoms with E-state index in [2.05, 4.69) is 4.74 Å². The first-order chi connectivity index (χ1) is 7.87. The number of nitrogens with zero attached hydrogens (tertiary/aromatic N) is 2. The smallest absolute Gasteiger partial charge is 0.306 e. The van der Waals surface area contributed by atoms with Crippen LogP contribution in [0.25, 0.3) is 0 Å². The molecule has 1 saturated carbocycles. The second-order valence-electron chi connectivity index (χ2n) is 4.38. The second kappa shape index (κ2) is 5.79. The molecule has 0 aliphatic heterocycles. The van der Waals surface area contributed by atoms with E-state index in [4.69, 9.17) is 0 Å². The third kappa shape index (κ3) is 4.25. The van der Waals surface area contributed by atoms with Gasteiger partial charge in [-0.2, -0.15) is 17.0 Å². The maximum atomic E-state index is 12.0. The molecular weight excluding hydrogens is 244 g/mol. The van der Waals surface area contributed by atoms with E-state index >= 15 is 0 Å². The molecule has 7 heteroatoms. The van der Waals surface area contributed by atoms with E-state index in [1.165, 1.54) is 22.8 Å². The van der Waals surface area contributed by atoms with Gasteiger partial charge in [-0.25, -0.2) is 0 Å². The van der Waals surface area contributed by atoms with Crippen LogP contribution < -0.4 is 0 Å². The molecule has 1 fully saturated rings. The zero-order chi connectivity index (χ0) is 13.1. The lowest BCUT2D eigenvalue weighted by molar-refractivity contribution is -0.140. The summed E-state index contributed by atoms with van der Waals surface area (Å²) in [6.45, 7) is 0.703. The predicted octanol–water partition coefficient (Wildman–Crippen LogP) is 0.0679. The first-order valence-corrected chi connectivity index (χ1v) is 7.02. The molecule has 0 N–H and O–H groups in total. The lowest BCUT2D eigenvalue weighted by Crippen LogP contribution is -2.41. The summed E-state index contributed by atoms with van der Waals surface area (Å²) in [5.74, 6) is 0.0979. The number of carbonyl (C=O) groups is 1. The van der Waals surface area contributed by atoms with Gasteiger partial charge in [0.05, 0.1) is 13.5 Å². The molecular formula is C10H20N2O4S. The van der Waals surface area contributed by atoms with Gasteiger partial charge < -0.3 is 4.74 Å². The summed E-state index contributed by atoms with van der Waals surface area (Å²) in [5.41, 5.74) is 0. The minimum absolute atomic E-state index is 0.0729. The average Bonchev–Trinajstić information content (AvgIpc) is 3.08. The minimum atomic E-state index is -3.44. The maximum absolute atomic E-state index is 12.0. The van der Waals surface area contributed by atoms with Crippen molar-refractivity contribution in [2.45, 2.75) is 19.3 Å². The van der Waals surface area contributed by atoms with Gasteiger partial charge in [-0.3, -0.25) is 4.79 Å². The first-order valence-electron chi connectivity index (χ1n) is 5.62. The summed E-state index contributed by atoms with van der Waals surface area (Å²) in [6.07, 6.45) is 2.28. The van der Waals surface area contributed by atoms with Crippen LogP contribution in [-0.4, -0.2) is 57.3 Å². The van der Waals surface area contributed by atoms with E-state index < -0.39 is 16.2 Å². The Morgan fingerprint density at radius 1 is 1.29 bits per heavy atom. The van der Waals surface area contributed by atoms with Crippen LogP contribution in [0.5, 0.6) is 0 Å². The average molecular weight is 264 g/mol. The fourth-order valence-corrected chi connectivity index (χ4v) is 2.66. The van der Waals surface area contributed by atoms with E-state index in [9.17, 15) is 13.2 Å². The SMILES string of the molecule is COC(=O)CCN(C)S(=O)(=O)N(C)CC1CC1. The maximum Gasteiger partial charge on any atom is 0.306 e. The lowest BCUT2D eigenvalue weighted by atomic mass is 10.4. The molecule has 1 rings (SSSR count). The van der Waals surface area contributed by atoms with Crippen molar-refractivity contribution in [3.05, 3.63) is 0 Å². The predicted molar refractivity (Wildman–Crippen MR) is 63.5 cm³/mol. The van der Waals surface area contributed by atoms with E-state index in [-0.39, 0.29) is 13.0 Å². The van der Waals surface area contributed by atoms with Crippen LogP contribution in [0, 0.1) is 5.92 Å². The molecule has 0 atom stereocenters. The van der Waals surface area contributed by atoms with E-state index in [1.54, 1.807) is 7.05 Å². The van der Waals surface area contributed by atoms with Gasteiger partial charge >= 0.3 is 5.97 Å². The van der Waals surface area contributed by atoms with Gasteiger partial charge in [-0.05, 0) is 18.8 Å². The van der Waals surface area contributed by atoms with Gasteiger partial charge in [0.2, 0.25) is 0 Å². The van der Waals surface area contributed by atoms with Crippen LogP contribution in [0.4, 0.5) is 0 Å². The number of ether oxygens (including phenoxy) is 1. The Morgan fingerprint density at radius 3 is 2.35 bits per heavy atom. The van der Waals surface area contributed by atoms with Gasteiger partial charge in [-0.1, -0.05) is 0 Å². The Kier molecular flexibility index (Phi) is 4.91. The largest absolute Gasteiger partial charge is 0.469 e. The third-order valence-electron chi connectivity index (χ3n) is 2.86. The van der Waals surface area contributed by atoms with Crippen LogP contribution in [0.15, 0.2) is 0 Å². The molecule has 0 heterocycles. The van der Waals surface area contributed by atoms with Crippen molar-refractivity contribution >= 4 is 16.2 Å². The van der Waals surface area contributed by atoms with Gasteiger partial charge in [0.25, 0.3) is 10.2 Å². The molecule has 0 bridgehead atoms. The topological polar surface area (TPSA) is 66.9 Å². The van der Waals surface area contributed by atoms with Gasteiger partial charge in [-0.15, -0.1) is 0 Å². The van der Waals surface area contributed by atoms with Crippen molar-refractivity contribution in [2.24, 2.45) is 5.92 Å². The number of hydrogen-bond donors (Lipinski definition) is 0. The van der Waals surface area contributed by atoms with Crippen LogP contribution in [0.3, 0.4) is 0 Å². The fourth-order valence-electron chi connectivity index (χ4n) is 1.46. The molecule has 6 nitrogen and oxygen atoms in total. The van der Waals surface area contributed by atoms with Crippen LogP contribution >= 0.6 is 0 Å². The minimum Gasteiger partial charge on any atom is -0.469 e. The number of methoxy groups -OCH3 is 1. The molecule has 0 aromatic carbocycles. The Hall–Kier alpha value is -0.660. The normalized spacial score (nSPS) is 16.5. The van der Waals surface area contributed by atoms with Crippen molar-refractivity contribution in [1.29, 1.82) is 0 Å². The first kappa shape index (κ1) is 14.4. The summed E-state index contributed by atoms with van der Waals surface area (Å²) in [7, 11) is 0.894. The molecule has 100 valence electrons. The molecule has 0 spiro atoms. The quantitative estimate of drug-likeness (QED) is 0.610. The number of hydrogen-bond acceptors (Lipinski definition) is 4. The number of carbonyl (C=O) groups excluding carboxylic acids is 1. The lowest BCUT2D eigenvalue weighted by Gasteiger charge is -2.23. The van der Waals surface area contributed by atoms with Gasteiger partial charge in [0.15, 0.2) is 0 Å². The van der Waals surface area contributed by atoms with Crippen molar-refractivity contribution < 1.29 is 17.9 Å². The second-order valence-corrected chi connectivity index (χ2v) is 6.52. The highest BCUT2D eigenvalue weighted by Crippen LogP contribution is 2.30. The summed E-state index contributed by atoms with van der Waals surface area (Å²) in [5, 5.41) is 0. The zero-order valence-electron chi connectivity index (χ0n) is 10.5. The zero-order valence-corrected chi connectivity index (χ0v) is 11.4. The summed E-state index contributed by atoms with van der Waals surface area (Å²) in [4.78, 5) is 10.9. The molecule has 1 aliphatic rings. The number of esters is 1. The molecule has 0 saturated heterocycles. The highest BCUT2D eigenvalue weighted by Gasteiger charge is 2.30. The van der Waals surface area contributed by atoms with Crippen molar-refractivity contribution in [3.8, 4) is 0 Å². The van der Waals surface area contributed by atoms with Crippen LogP contribution in [-0.2, 0) is 19.7 Å². The standard InChI is InChI=1S/C10H20N2O4S/c1-11(7-6-10(13)16-3)17(14,15)12(2)8-9-4-5-9/h9H,4-8H2,1-3H3. The Balaban J connectivity index is 2.46. The Labute approximate surface area is 103 Å². The fraction of sp³-hybridized carbons (Fsp3) is 0.900. The molecule has 0 aromatic rings. The van der Waals surface area contributed by atoms with Crippen molar-refractivity contribution in [2.75, 3.05) is 34.3 Å². The van der Waals surface area contributed by atoms with Gasteiger partial charge in [0.1, 0.15) is 0 Å². The van der Waals surface area contributed by atoms with Crippen molar-refractivity contribution in [3.63, 3.8) is 0 Å². The molecule has 0 aromatic heterocycles. The summed E-state index contributed by atoms with van der Waals surface area (Å²) >= 11 is 0. The molecule has 17 heavy (non-hydrogen) atoms. The number of rotatable bonds is 7. The van der Waals surface area contributed by atoms with Crippen molar-refractivity contribution in [1.82, 2.24) is 8.61 Å². The highest BCUT2D eigenvalue weighted by atomic mass is 32.2. The Bertz CT molecular complexity index is 365. The molecule has 0 radical (unpaired) electrons. The molecule has 0 unspecified atom stereocenters. The summed E-state index contributed by atoms with van der Waals surface area (Å²) < 4.78 is 31.0. The van der Waals surface area contributed by atoms with Crippen LogP contribution in [0.2, 0.25) is 0 Å². The molecule has 1 aliphatic carbocycles. The van der Waals surface area contributed by atoms with E-state index in [1.807, 2.05) is 0 Å². The van der Waals surface area contributed by atoms with E-state index in [0.717, 1.165) is 12.8 Å². The monoisotopic (exact) mass is 264 g/mol. The molecule has 0 amide bonds. The Morgan fingerprint density at radius 2 is 1.88 bits per heavy atom. The van der Waals surface area contributed by atoms with Gasteiger partial charge in [0, 0.05) is 27.2 Å². The highest BCUT2D eigenvalue weighted by molar-refractivity contribution is 7.86. The summed E-state index contributed by atoms with van der Waals surface area (Å²) in [6, 6.07) is 0.